The predicted molar refractivity (Wildman–Crippen MR) is 116 cm³/mol. The molecule has 2 aromatic rings. The molecule has 0 aliphatic heterocycles. The summed E-state index contributed by atoms with van der Waals surface area (Å²) in [5, 5.41) is 5.94. The molecule has 2 N–H and O–H groups in total. The van der Waals surface area contributed by atoms with Crippen LogP contribution in [-0.4, -0.2) is 24.4 Å². The summed E-state index contributed by atoms with van der Waals surface area (Å²) in [7, 11) is 0. The van der Waals surface area contributed by atoms with Crippen molar-refractivity contribution in [2.24, 2.45) is 5.92 Å². The van der Waals surface area contributed by atoms with Gasteiger partial charge in [0.05, 0.1) is 6.54 Å². The maximum Gasteiger partial charge on any atom is 0.239 e. The normalized spacial score (nSPS) is 15.4. The number of nitrogens with one attached hydrogen (secondary N) is 2. The number of carbonyl (C=O) groups excluding carboxylic acids is 2. The molecule has 0 radical (unpaired) electrons. The molecule has 0 spiro atoms. The minimum atomic E-state index is -0.153. The van der Waals surface area contributed by atoms with Gasteiger partial charge in [-0.25, -0.2) is 0 Å². The predicted octanol–water partition coefficient (Wildman–Crippen LogP) is 4.04. The average Bonchev–Trinajstić information content (AvgIpc) is 2.77. The van der Waals surface area contributed by atoms with Crippen LogP contribution in [0.2, 0.25) is 0 Å². The molecule has 29 heavy (non-hydrogen) atoms. The Hall–Kier alpha value is -2.62. The molecule has 0 bridgehead atoms. The average molecular weight is 393 g/mol. The molecule has 154 valence electrons. The molecule has 4 nitrogen and oxygen atoms in total. The molecule has 1 unspecified atom stereocenters. The van der Waals surface area contributed by atoms with E-state index in [4.69, 9.17) is 0 Å². The number of aryl methyl sites for hydroxylation is 1. The van der Waals surface area contributed by atoms with Crippen molar-refractivity contribution in [3.8, 4) is 0 Å². The van der Waals surface area contributed by atoms with Gasteiger partial charge in [-0.1, -0.05) is 79.9 Å². The van der Waals surface area contributed by atoms with E-state index >= 15 is 0 Å². The number of hydrogen-bond donors (Lipinski definition) is 2. The van der Waals surface area contributed by atoms with E-state index in [2.05, 4.69) is 34.9 Å². The summed E-state index contributed by atoms with van der Waals surface area (Å²) >= 11 is 0. The topological polar surface area (TPSA) is 58.2 Å². The van der Waals surface area contributed by atoms with Crippen LogP contribution in [0.3, 0.4) is 0 Å². The van der Waals surface area contributed by atoms with E-state index in [0.717, 1.165) is 31.2 Å². The van der Waals surface area contributed by atoms with Crippen molar-refractivity contribution in [2.75, 3.05) is 6.54 Å². The molecule has 3 rings (SSSR count). The maximum absolute atomic E-state index is 12.9. The second-order valence-electron chi connectivity index (χ2n) is 8.03. The van der Waals surface area contributed by atoms with Crippen LogP contribution < -0.4 is 10.6 Å². The number of rotatable bonds is 9. The first-order valence-corrected chi connectivity index (χ1v) is 10.9. The Kier molecular flexibility index (Phi) is 8.29. The maximum atomic E-state index is 12.9. The van der Waals surface area contributed by atoms with E-state index in [1.165, 1.54) is 24.8 Å². The lowest BCUT2D eigenvalue weighted by molar-refractivity contribution is -0.129. The first-order valence-electron chi connectivity index (χ1n) is 10.9. The zero-order valence-electron chi connectivity index (χ0n) is 17.1. The molecule has 1 saturated carbocycles. The van der Waals surface area contributed by atoms with Gasteiger partial charge in [0, 0.05) is 12.0 Å². The molecule has 2 aromatic carbocycles. The quantitative estimate of drug-likeness (QED) is 0.677. The summed E-state index contributed by atoms with van der Waals surface area (Å²) in [6.45, 7) is 0.0615. The Labute approximate surface area is 174 Å². The van der Waals surface area contributed by atoms with E-state index in [-0.39, 0.29) is 30.3 Å². The second-order valence-corrected chi connectivity index (χ2v) is 8.03. The highest BCUT2D eigenvalue weighted by Crippen LogP contribution is 2.18. The van der Waals surface area contributed by atoms with E-state index in [0.29, 0.717) is 6.42 Å². The van der Waals surface area contributed by atoms with Gasteiger partial charge in [-0.3, -0.25) is 9.59 Å². The van der Waals surface area contributed by atoms with Crippen LogP contribution in [0.1, 0.15) is 49.7 Å². The van der Waals surface area contributed by atoms with E-state index in [1.807, 2.05) is 36.4 Å². The van der Waals surface area contributed by atoms with Gasteiger partial charge in [0.15, 0.2) is 0 Å². The van der Waals surface area contributed by atoms with Crippen LogP contribution in [0.25, 0.3) is 0 Å². The second kappa shape index (κ2) is 11.4. The molecule has 0 heterocycles. The fourth-order valence-electron chi connectivity index (χ4n) is 4.05. The Morgan fingerprint density at radius 3 is 2.14 bits per heavy atom. The van der Waals surface area contributed by atoms with Gasteiger partial charge in [0.2, 0.25) is 11.8 Å². The van der Waals surface area contributed by atoms with Crippen LogP contribution in [0.4, 0.5) is 0 Å². The Bertz CT molecular complexity index is 755. The van der Waals surface area contributed by atoms with Crippen molar-refractivity contribution in [1.82, 2.24) is 10.6 Å². The highest BCUT2D eigenvalue weighted by Gasteiger charge is 2.21. The Morgan fingerprint density at radius 1 is 0.862 bits per heavy atom. The summed E-state index contributed by atoms with van der Waals surface area (Å²) in [5.41, 5.74) is 2.38. The lowest BCUT2D eigenvalue weighted by Crippen LogP contribution is -2.44. The van der Waals surface area contributed by atoms with E-state index in [1.54, 1.807) is 0 Å². The summed E-state index contributed by atoms with van der Waals surface area (Å²) in [6.07, 6.45) is 8.00. The summed E-state index contributed by atoms with van der Waals surface area (Å²) in [5.74, 6) is -0.268. The van der Waals surface area contributed by atoms with Crippen LogP contribution >= 0.6 is 0 Å². The third kappa shape index (κ3) is 7.37. The summed E-state index contributed by atoms with van der Waals surface area (Å²) in [4.78, 5) is 25.1. The van der Waals surface area contributed by atoms with Gasteiger partial charge in [-0.05, 0) is 43.2 Å². The van der Waals surface area contributed by atoms with Crippen molar-refractivity contribution in [3.63, 3.8) is 0 Å². The van der Waals surface area contributed by atoms with E-state index < -0.39 is 0 Å². The van der Waals surface area contributed by atoms with Crippen LogP contribution in [0.15, 0.2) is 60.7 Å². The number of benzene rings is 2. The van der Waals surface area contributed by atoms with Crippen molar-refractivity contribution < 1.29 is 9.59 Å². The highest BCUT2D eigenvalue weighted by atomic mass is 16.2. The zero-order chi connectivity index (χ0) is 20.3. The molecule has 4 heteroatoms. The number of amides is 2. The minimum Gasteiger partial charge on any atom is -0.352 e. The molecule has 1 aliphatic carbocycles. The standard InChI is InChI=1S/C25H32N2O2/c28-24(27-23-14-8-3-9-15-23)19-26-25(29)22(18-21-12-6-2-7-13-21)17-16-20-10-4-1-5-11-20/h1-2,4-7,10-13,22-23H,3,8-9,14-19H2,(H,26,29)(H,27,28). The molecule has 1 atom stereocenters. The lowest BCUT2D eigenvalue weighted by Gasteiger charge is -2.23. The van der Waals surface area contributed by atoms with E-state index in [9.17, 15) is 9.59 Å². The van der Waals surface area contributed by atoms with Gasteiger partial charge >= 0.3 is 0 Å². The summed E-state index contributed by atoms with van der Waals surface area (Å²) < 4.78 is 0. The van der Waals surface area contributed by atoms with Crippen LogP contribution in [0.5, 0.6) is 0 Å². The van der Waals surface area contributed by atoms with Gasteiger partial charge in [0.1, 0.15) is 0 Å². The third-order valence-corrected chi connectivity index (χ3v) is 5.71. The van der Waals surface area contributed by atoms with Crippen LogP contribution in [0, 0.1) is 5.92 Å². The molecule has 1 aliphatic rings. The molecule has 0 aromatic heterocycles. The third-order valence-electron chi connectivity index (χ3n) is 5.71. The Morgan fingerprint density at radius 2 is 1.48 bits per heavy atom. The van der Waals surface area contributed by atoms with Crippen molar-refractivity contribution >= 4 is 11.8 Å². The molecular formula is C25H32N2O2. The van der Waals surface area contributed by atoms with Gasteiger partial charge in [0.25, 0.3) is 0 Å². The van der Waals surface area contributed by atoms with Crippen molar-refractivity contribution in [3.05, 3.63) is 71.8 Å². The molecule has 2 amide bonds. The fraction of sp³-hybridized carbons (Fsp3) is 0.440. The van der Waals surface area contributed by atoms with Crippen molar-refractivity contribution in [1.29, 1.82) is 0 Å². The van der Waals surface area contributed by atoms with Gasteiger partial charge in [-0.15, -0.1) is 0 Å². The summed E-state index contributed by atoms with van der Waals surface area (Å²) in [6, 6.07) is 20.6. The smallest absolute Gasteiger partial charge is 0.239 e. The minimum absolute atomic E-state index is 0.0384. The monoisotopic (exact) mass is 392 g/mol. The van der Waals surface area contributed by atoms with Gasteiger partial charge in [-0.2, -0.15) is 0 Å². The lowest BCUT2D eigenvalue weighted by atomic mass is 9.92. The number of carbonyl (C=O) groups is 2. The highest BCUT2D eigenvalue weighted by molar-refractivity contribution is 5.86. The van der Waals surface area contributed by atoms with Crippen LogP contribution in [-0.2, 0) is 22.4 Å². The Balaban J connectivity index is 1.53. The molecule has 0 saturated heterocycles. The SMILES string of the molecule is O=C(CNC(=O)C(CCc1ccccc1)Cc1ccccc1)NC1CCCCC1. The largest absolute Gasteiger partial charge is 0.352 e. The van der Waals surface area contributed by atoms with Crippen molar-refractivity contribution in [2.45, 2.75) is 57.4 Å². The molecular weight excluding hydrogens is 360 g/mol. The fourth-order valence-corrected chi connectivity index (χ4v) is 4.05. The molecule has 1 fully saturated rings. The zero-order valence-corrected chi connectivity index (χ0v) is 17.1. The first kappa shape index (κ1) is 21.1. The number of hydrogen-bond acceptors (Lipinski definition) is 2. The first-order chi connectivity index (χ1) is 14.2. The van der Waals surface area contributed by atoms with Gasteiger partial charge < -0.3 is 10.6 Å².